The Morgan fingerprint density at radius 3 is 2.71 bits per heavy atom. The van der Waals surface area contributed by atoms with Crippen molar-refractivity contribution in [2.24, 2.45) is 0 Å². The number of hydrogen-bond acceptors (Lipinski definition) is 3. The molecule has 1 aromatic carbocycles. The maximum absolute atomic E-state index is 4.52. The van der Waals surface area contributed by atoms with Gasteiger partial charge < -0.3 is 15.6 Å². The number of benzene rings is 1. The number of fused-ring (bicyclic) bond motifs is 1. The molecular weight excluding hydrogens is 236 g/mol. The predicted octanol–water partition coefficient (Wildman–Crippen LogP) is 2.15. The minimum absolute atomic E-state index is 0. The van der Waals surface area contributed by atoms with E-state index in [1.807, 2.05) is 18.2 Å². The summed E-state index contributed by atoms with van der Waals surface area (Å²) in [4.78, 5) is 7.82. The second-order valence-corrected chi connectivity index (χ2v) is 4.27. The van der Waals surface area contributed by atoms with Crippen LogP contribution < -0.4 is 10.6 Å². The van der Waals surface area contributed by atoms with Gasteiger partial charge in [0.1, 0.15) is 0 Å². The van der Waals surface area contributed by atoms with E-state index in [9.17, 15) is 0 Å². The number of imidazole rings is 1. The van der Waals surface area contributed by atoms with Crippen LogP contribution in [0.5, 0.6) is 0 Å². The van der Waals surface area contributed by atoms with Crippen molar-refractivity contribution < 1.29 is 0 Å². The number of halogens is 1. The first-order chi connectivity index (χ1) is 7.92. The van der Waals surface area contributed by atoms with Crippen LogP contribution >= 0.6 is 12.4 Å². The first-order valence-corrected chi connectivity index (χ1v) is 5.84. The smallest absolute Gasteiger partial charge is 0.201 e. The molecule has 0 spiro atoms. The van der Waals surface area contributed by atoms with Crippen LogP contribution in [-0.4, -0.2) is 29.1 Å². The van der Waals surface area contributed by atoms with Crippen molar-refractivity contribution in [1.29, 1.82) is 0 Å². The number of H-pyrrole nitrogens is 1. The van der Waals surface area contributed by atoms with Crippen LogP contribution in [0.1, 0.15) is 12.8 Å². The van der Waals surface area contributed by atoms with Crippen LogP contribution in [0.15, 0.2) is 24.3 Å². The molecule has 1 aliphatic rings. The van der Waals surface area contributed by atoms with Crippen molar-refractivity contribution in [3.05, 3.63) is 24.3 Å². The van der Waals surface area contributed by atoms with Crippen molar-refractivity contribution in [1.82, 2.24) is 15.3 Å². The Kier molecular flexibility index (Phi) is 3.86. The molecule has 4 nitrogen and oxygen atoms in total. The van der Waals surface area contributed by atoms with Crippen LogP contribution in [-0.2, 0) is 0 Å². The van der Waals surface area contributed by atoms with Crippen molar-refractivity contribution in [2.75, 3.05) is 18.4 Å². The van der Waals surface area contributed by atoms with Crippen LogP contribution in [0.2, 0.25) is 0 Å². The molecule has 0 amide bonds. The lowest BCUT2D eigenvalue weighted by atomic mass is 10.1. The van der Waals surface area contributed by atoms with Gasteiger partial charge in [0, 0.05) is 6.04 Å². The molecule has 1 aromatic heterocycles. The third-order valence-electron chi connectivity index (χ3n) is 3.07. The van der Waals surface area contributed by atoms with Gasteiger partial charge in [-0.3, -0.25) is 0 Å². The molecule has 3 rings (SSSR count). The number of para-hydroxylation sites is 2. The molecule has 2 heterocycles. The Morgan fingerprint density at radius 1 is 1.18 bits per heavy atom. The standard InChI is InChI=1S/C12H16N4.ClH/c1-2-4-11-10(3-1)15-12(16-11)14-9-5-7-13-8-6-9;/h1-4,9,13H,5-8H2,(H2,14,15,16);1H. The molecule has 1 fully saturated rings. The number of nitrogens with one attached hydrogen (secondary N) is 3. The van der Waals surface area contributed by atoms with Crippen molar-refractivity contribution in [3.63, 3.8) is 0 Å². The molecule has 2 aromatic rings. The summed E-state index contributed by atoms with van der Waals surface area (Å²) < 4.78 is 0. The highest BCUT2D eigenvalue weighted by molar-refractivity contribution is 5.85. The Balaban J connectivity index is 0.00000108. The van der Waals surface area contributed by atoms with Crippen LogP contribution in [0, 0.1) is 0 Å². The number of hydrogen-bond donors (Lipinski definition) is 3. The molecule has 0 aliphatic carbocycles. The summed E-state index contributed by atoms with van der Waals surface area (Å²) in [6, 6.07) is 8.66. The fraction of sp³-hybridized carbons (Fsp3) is 0.417. The number of rotatable bonds is 2. The van der Waals surface area contributed by atoms with Gasteiger partial charge in [0.25, 0.3) is 0 Å². The van der Waals surface area contributed by atoms with Gasteiger partial charge in [-0.15, -0.1) is 12.4 Å². The molecule has 0 radical (unpaired) electrons. The molecule has 0 unspecified atom stereocenters. The molecule has 1 saturated heterocycles. The quantitative estimate of drug-likeness (QED) is 0.768. The van der Waals surface area contributed by atoms with Crippen molar-refractivity contribution in [2.45, 2.75) is 18.9 Å². The molecule has 5 heteroatoms. The zero-order chi connectivity index (χ0) is 10.8. The third kappa shape index (κ3) is 2.70. The zero-order valence-electron chi connectivity index (χ0n) is 9.57. The molecule has 0 atom stereocenters. The molecule has 92 valence electrons. The van der Waals surface area contributed by atoms with Gasteiger partial charge in [0.05, 0.1) is 11.0 Å². The Hall–Kier alpha value is -1.26. The van der Waals surface area contributed by atoms with Gasteiger partial charge in [-0.1, -0.05) is 12.1 Å². The highest BCUT2D eigenvalue weighted by atomic mass is 35.5. The Morgan fingerprint density at radius 2 is 1.94 bits per heavy atom. The highest BCUT2D eigenvalue weighted by Crippen LogP contribution is 2.15. The van der Waals surface area contributed by atoms with Crippen molar-refractivity contribution in [3.8, 4) is 0 Å². The molecule has 0 saturated carbocycles. The van der Waals surface area contributed by atoms with Gasteiger partial charge in [0.2, 0.25) is 5.95 Å². The minimum atomic E-state index is 0. The lowest BCUT2D eigenvalue weighted by Crippen LogP contribution is -2.35. The minimum Gasteiger partial charge on any atom is -0.353 e. The summed E-state index contributed by atoms with van der Waals surface area (Å²) in [6.45, 7) is 2.19. The van der Waals surface area contributed by atoms with Gasteiger partial charge in [-0.05, 0) is 38.1 Å². The van der Waals surface area contributed by atoms with E-state index >= 15 is 0 Å². The van der Waals surface area contributed by atoms with E-state index in [0.717, 1.165) is 42.9 Å². The molecule has 17 heavy (non-hydrogen) atoms. The van der Waals surface area contributed by atoms with Crippen LogP contribution in [0.3, 0.4) is 0 Å². The third-order valence-corrected chi connectivity index (χ3v) is 3.07. The van der Waals surface area contributed by atoms with Crippen LogP contribution in [0.25, 0.3) is 11.0 Å². The maximum atomic E-state index is 4.52. The average Bonchev–Trinajstić information content (AvgIpc) is 2.72. The molecule has 3 N–H and O–H groups in total. The second kappa shape index (κ2) is 5.38. The second-order valence-electron chi connectivity index (χ2n) is 4.27. The van der Waals surface area contributed by atoms with E-state index in [0.29, 0.717) is 6.04 Å². The van der Waals surface area contributed by atoms with E-state index in [2.05, 4.69) is 26.7 Å². The maximum Gasteiger partial charge on any atom is 0.201 e. The number of aromatic nitrogens is 2. The first-order valence-electron chi connectivity index (χ1n) is 5.84. The summed E-state index contributed by atoms with van der Waals surface area (Å²) >= 11 is 0. The number of nitrogens with zero attached hydrogens (tertiary/aromatic N) is 1. The summed E-state index contributed by atoms with van der Waals surface area (Å²) in [5.41, 5.74) is 2.12. The van der Waals surface area contributed by atoms with E-state index in [1.165, 1.54) is 0 Å². The Bertz CT molecular complexity index is 443. The molecule has 1 aliphatic heterocycles. The Labute approximate surface area is 107 Å². The largest absolute Gasteiger partial charge is 0.353 e. The lowest BCUT2D eigenvalue weighted by molar-refractivity contribution is 0.477. The zero-order valence-corrected chi connectivity index (χ0v) is 10.4. The summed E-state index contributed by atoms with van der Waals surface area (Å²) in [5.74, 6) is 0.896. The number of anilines is 1. The van der Waals surface area contributed by atoms with E-state index < -0.39 is 0 Å². The summed E-state index contributed by atoms with van der Waals surface area (Å²) in [5, 5.41) is 6.82. The van der Waals surface area contributed by atoms with Crippen LogP contribution in [0.4, 0.5) is 5.95 Å². The van der Waals surface area contributed by atoms with Crippen molar-refractivity contribution >= 4 is 29.4 Å². The normalized spacial score (nSPS) is 16.7. The number of piperidine rings is 1. The van der Waals surface area contributed by atoms with E-state index in [-0.39, 0.29) is 12.4 Å². The molecular formula is C12H17ClN4. The summed E-state index contributed by atoms with van der Waals surface area (Å²) in [6.07, 6.45) is 2.33. The fourth-order valence-corrected chi connectivity index (χ4v) is 2.18. The van der Waals surface area contributed by atoms with Gasteiger partial charge >= 0.3 is 0 Å². The SMILES string of the molecule is Cl.c1ccc2[nH]c(NC3CCNCC3)nc2c1. The number of aromatic amines is 1. The fourth-order valence-electron chi connectivity index (χ4n) is 2.18. The lowest BCUT2D eigenvalue weighted by Gasteiger charge is -2.23. The topological polar surface area (TPSA) is 52.7 Å². The van der Waals surface area contributed by atoms with E-state index in [4.69, 9.17) is 0 Å². The summed E-state index contributed by atoms with van der Waals surface area (Å²) in [7, 11) is 0. The first kappa shape index (κ1) is 12.2. The van der Waals surface area contributed by atoms with Gasteiger partial charge in [-0.2, -0.15) is 0 Å². The predicted molar refractivity (Wildman–Crippen MR) is 72.9 cm³/mol. The van der Waals surface area contributed by atoms with Gasteiger partial charge in [0.15, 0.2) is 0 Å². The monoisotopic (exact) mass is 252 g/mol. The molecule has 0 bridgehead atoms. The van der Waals surface area contributed by atoms with Gasteiger partial charge in [-0.25, -0.2) is 4.98 Å². The van der Waals surface area contributed by atoms with E-state index in [1.54, 1.807) is 0 Å². The average molecular weight is 253 g/mol. The highest BCUT2D eigenvalue weighted by Gasteiger charge is 2.13.